The number of rotatable bonds is 8. The van der Waals surface area contributed by atoms with Crippen LogP contribution in [0.5, 0.6) is 11.5 Å². The first-order valence-electron chi connectivity index (χ1n) is 12.2. The second-order valence-electron chi connectivity index (χ2n) is 9.57. The Morgan fingerprint density at radius 1 is 0.829 bits per heavy atom. The molecule has 2 saturated heterocycles. The summed E-state index contributed by atoms with van der Waals surface area (Å²) in [5.41, 5.74) is 1.82. The van der Waals surface area contributed by atoms with Gasteiger partial charge in [-0.3, -0.25) is 4.79 Å². The van der Waals surface area contributed by atoms with Crippen LogP contribution in [0.25, 0.3) is 0 Å². The van der Waals surface area contributed by atoms with Gasteiger partial charge in [0.25, 0.3) is 0 Å². The maximum absolute atomic E-state index is 13.4. The SMILES string of the molecule is COc1ccc([C@H]2OC[C@H](C)[C@@H]([C@@H](C)C(=O)C[C@@H]3O[C@@H](c4ccc(OC)cc4)OC[C@H]3C)O2)cc1. The van der Waals surface area contributed by atoms with Crippen molar-refractivity contribution in [1.29, 1.82) is 0 Å². The van der Waals surface area contributed by atoms with Crippen LogP contribution in [0, 0.1) is 17.8 Å². The summed E-state index contributed by atoms with van der Waals surface area (Å²) in [4.78, 5) is 13.4. The van der Waals surface area contributed by atoms with Crippen molar-refractivity contribution in [2.45, 2.75) is 52.0 Å². The van der Waals surface area contributed by atoms with Crippen LogP contribution in [0.15, 0.2) is 48.5 Å². The molecule has 0 aliphatic carbocycles. The van der Waals surface area contributed by atoms with Crippen LogP contribution < -0.4 is 9.47 Å². The number of ketones is 1. The van der Waals surface area contributed by atoms with E-state index in [1.165, 1.54) is 0 Å². The minimum Gasteiger partial charge on any atom is -0.497 e. The van der Waals surface area contributed by atoms with Crippen LogP contribution in [-0.4, -0.2) is 45.4 Å². The number of benzene rings is 2. The summed E-state index contributed by atoms with van der Waals surface area (Å²) < 4.78 is 34.9. The van der Waals surface area contributed by atoms with Crippen molar-refractivity contribution in [3.63, 3.8) is 0 Å². The lowest BCUT2D eigenvalue weighted by Gasteiger charge is -2.39. The van der Waals surface area contributed by atoms with Gasteiger partial charge >= 0.3 is 0 Å². The van der Waals surface area contributed by atoms with Crippen molar-refractivity contribution >= 4 is 5.78 Å². The largest absolute Gasteiger partial charge is 0.497 e. The summed E-state index contributed by atoms with van der Waals surface area (Å²) in [6, 6.07) is 15.2. The number of methoxy groups -OCH3 is 2. The average Bonchev–Trinajstić information content (AvgIpc) is 2.90. The molecule has 35 heavy (non-hydrogen) atoms. The average molecular weight is 485 g/mol. The Hall–Kier alpha value is -2.45. The molecule has 0 saturated carbocycles. The predicted octanol–water partition coefficient (Wildman–Crippen LogP) is 5.10. The summed E-state index contributed by atoms with van der Waals surface area (Å²) >= 11 is 0. The van der Waals surface area contributed by atoms with E-state index in [9.17, 15) is 4.79 Å². The molecular weight excluding hydrogens is 448 g/mol. The molecule has 2 aromatic rings. The van der Waals surface area contributed by atoms with E-state index in [1.54, 1.807) is 14.2 Å². The van der Waals surface area contributed by atoms with Gasteiger partial charge in [-0.15, -0.1) is 0 Å². The highest BCUT2D eigenvalue weighted by Gasteiger charge is 2.39. The molecule has 2 aliphatic rings. The van der Waals surface area contributed by atoms with E-state index < -0.39 is 12.6 Å². The molecule has 2 aromatic carbocycles. The van der Waals surface area contributed by atoms with Gasteiger partial charge in [-0.2, -0.15) is 0 Å². The molecule has 4 rings (SSSR count). The lowest BCUT2D eigenvalue weighted by molar-refractivity contribution is -0.250. The summed E-state index contributed by atoms with van der Waals surface area (Å²) in [7, 11) is 3.27. The molecule has 7 atom stereocenters. The Morgan fingerprint density at radius 3 is 1.83 bits per heavy atom. The summed E-state index contributed by atoms with van der Waals surface area (Å²) in [6.45, 7) is 7.13. The first kappa shape index (κ1) is 25.6. The van der Waals surface area contributed by atoms with E-state index in [4.69, 9.17) is 28.4 Å². The first-order chi connectivity index (χ1) is 16.9. The van der Waals surface area contributed by atoms with Crippen LogP contribution in [0.4, 0.5) is 0 Å². The number of carbonyl (C=O) groups excluding carboxylic acids is 1. The molecule has 7 heteroatoms. The third-order valence-electron chi connectivity index (χ3n) is 6.97. The van der Waals surface area contributed by atoms with Gasteiger partial charge in [0, 0.05) is 35.3 Å². The molecule has 7 nitrogen and oxygen atoms in total. The van der Waals surface area contributed by atoms with Crippen LogP contribution in [0.3, 0.4) is 0 Å². The molecule has 0 spiro atoms. The molecular formula is C28H36O7. The maximum Gasteiger partial charge on any atom is 0.184 e. The van der Waals surface area contributed by atoms with Gasteiger partial charge in [0.05, 0.1) is 39.6 Å². The fourth-order valence-electron chi connectivity index (χ4n) is 4.63. The minimum absolute atomic E-state index is 0.100. The summed E-state index contributed by atoms with van der Waals surface area (Å²) in [5, 5.41) is 0. The highest BCUT2D eigenvalue weighted by molar-refractivity contribution is 5.81. The van der Waals surface area contributed by atoms with Crippen molar-refractivity contribution in [3.8, 4) is 11.5 Å². The van der Waals surface area contributed by atoms with Gasteiger partial charge in [0.1, 0.15) is 17.3 Å². The standard InChI is InChI=1S/C28H36O7/c1-17-15-32-27(20-6-10-22(30-4)11-7-20)34-25(17)14-24(29)19(3)26-18(2)16-33-28(35-26)21-8-12-23(31-5)13-9-21/h6-13,17-19,25-28H,14-16H2,1-5H3/t17-,18+,19+,25+,26+,27+,28+/m1/s1. The Labute approximate surface area is 207 Å². The van der Waals surface area contributed by atoms with Gasteiger partial charge < -0.3 is 28.4 Å². The predicted molar refractivity (Wildman–Crippen MR) is 130 cm³/mol. The molecule has 0 radical (unpaired) electrons. The van der Waals surface area contributed by atoms with E-state index >= 15 is 0 Å². The Morgan fingerprint density at radius 2 is 1.31 bits per heavy atom. The molecule has 2 fully saturated rings. The van der Waals surface area contributed by atoms with Gasteiger partial charge in [0.2, 0.25) is 0 Å². The van der Waals surface area contributed by atoms with E-state index in [0.29, 0.717) is 19.6 Å². The number of hydrogen-bond donors (Lipinski definition) is 0. The molecule has 0 unspecified atom stereocenters. The second kappa shape index (κ2) is 11.5. The third-order valence-corrected chi connectivity index (χ3v) is 6.97. The minimum atomic E-state index is -0.505. The van der Waals surface area contributed by atoms with Crippen molar-refractivity contribution in [1.82, 2.24) is 0 Å². The lowest BCUT2D eigenvalue weighted by Crippen LogP contribution is -2.43. The van der Waals surface area contributed by atoms with Gasteiger partial charge in [-0.25, -0.2) is 0 Å². The zero-order valence-corrected chi connectivity index (χ0v) is 21.1. The van der Waals surface area contributed by atoms with Crippen molar-refractivity contribution in [3.05, 3.63) is 59.7 Å². The topological polar surface area (TPSA) is 72.5 Å². The highest BCUT2D eigenvalue weighted by Crippen LogP contribution is 2.36. The monoisotopic (exact) mass is 484 g/mol. The number of ether oxygens (including phenoxy) is 6. The zero-order valence-electron chi connectivity index (χ0n) is 21.1. The van der Waals surface area contributed by atoms with Crippen molar-refractivity contribution in [2.75, 3.05) is 27.4 Å². The van der Waals surface area contributed by atoms with Gasteiger partial charge in [-0.05, 0) is 24.3 Å². The van der Waals surface area contributed by atoms with Crippen LogP contribution in [0.2, 0.25) is 0 Å². The van der Waals surface area contributed by atoms with Crippen molar-refractivity contribution in [2.24, 2.45) is 17.8 Å². The van der Waals surface area contributed by atoms with Crippen molar-refractivity contribution < 1.29 is 33.2 Å². The Bertz CT molecular complexity index is 958. The highest BCUT2D eigenvalue weighted by atomic mass is 16.7. The molecule has 0 N–H and O–H groups in total. The fourth-order valence-corrected chi connectivity index (χ4v) is 4.63. The molecule has 190 valence electrons. The van der Waals surface area contributed by atoms with Crippen LogP contribution >= 0.6 is 0 Å². The van der Waals surface area contributed by atoms with E-state index in [1.807, 2.05) is 55.5 Å². The summed E-state index contributed by atoms with van der Waals surface area (Å²) in [6.07, 6.45) is -1.15. The normalized spacial score (nSPS) is 29.9. The molecule has 2 aliphatic heterocycles. The second-order valence-corrected chi connectivity index (χ2v) is 9.57. The molecule has 2 heterocycles. The quantitative estimate of drug-likeness (QED) is 0.516. The third kappa shape index (κ3) is 6.04. The zero-order chi connectivity index (χ0) is 24.9. The van der Waals surface area contributed by atoms with E-state index in [0.717, 1.165) is 22.6 Å². The lowest BCUT2D eigenvalue weighted by atomic mass is 9.86. The van der Waals surface area contributed by atoms with Crippen LogP contribution in [-0.2, 0) is 23.7 Å². The van der Waals surface area contributed by atoms with Gasteiger partial charge in [-0.1, -0.05) is 45.0 Å². The number of hydrogen-bond acceptors (Lipinski definition) is 7. The van der Waals surface area contributed by atoms with E-state index in [2.05, 4.69) is 13.8 Å². The smallest absolute Gasteiger partial charge is 0.184 e. The fraction of sp³-hybridized carbons (Fsp3) is 0.536. The molecule has 0 aromatic heterocycles. The van der Waals surface area contributed by atoms with Crippen LogP contribution in [0.1, 0.15) is 50.9 Å². The first-order valence-corrected chi connectivity index (χ1v) is 12.2. The Balaban J connectivity index is 1.38. The van der Waals surface area contributed by atoms with Gasteiger partial charge in [0.15, 0.2) is 12.6 Å². The van der Waals surface area contributed by atoms with E-state index in [-0.39, 0.29) is 35.7 Å². The number of Topliss-reactive ketones (excluding diaryl/α,β-unsaturated/α-hetero) is 1. The molecule has 0 amide bonds. The number of carbonyl (C=O) groups is 1. The molecule has 0 bridgehead atoms. The Kier molecular flexibility index (Phi) is 8.44. The summed E-state index contributed by atoms with van der Waals surface area (Å²) in [5.74, 6) is 1.61. The maximum atomic E-state index is 13.4.